The van der Waals surface area contributed by atoms with Gasteiger partial charge in [-0.25, -0.2) is 0 Å². The van der Waals surface area contributed by atoms with Crippen molar-refractivity contribution in [1.82, 2.24) is 5.32 Å². The molecule has 0 aromatic heterocycles. The predicted octanol–water partition coefficient (Wildman–Crippen LogP) is 4.64. The van der Waals surface area contributed by atoms with Crippen LogP contribution in [0.5, 0.6) is 0 Å². The lowest BCUT2D eigenvalue weighted by atomic mass is 10.1. The molecule has 0 saturated heterocycles. The highest BCUT2D eigenvalue weighted by atomic mass is 79.9. The number of carbonyl (C=O) groups is 1. The van der Waals surface area contributed by atoms with Crippen molar-refractivity contribution in [2.45, 2.75) is 13.0 Å². The monoisotopic (exact) mass is 366 g/mol. The summed E-state index contributed by atoms with van der Waals surface area (Å²) in [5.41, 5.74) is 2.32. The Labute approximate surface area is 137 Å². The number of halogens is 2. The Kier molecular flexibility index (Phi) is 5.26. The average molecular weight is 368 g/mol. The largest absolute Gasteiger partial charge is 0.387 e. The lowest BCUT2D eigenvalue weighted by Crippen LogP contribution is -2.27. The Balaban J connectivity index is 2.20. The van der Waals surface area contributed by atoms with E-state index in [1.54, 1.807) is 25.2 Å². The van der Waals surface area contributed by atoms with E-state index in [0.717, 1.165) is 15.7 Å². The predicted molar refractivity (Wildman–Crippen MR) is 91.0 cm³/mol. The molecule has 0 radical (unpaired) electrons. The van der Waals surface area contributed by atoms with Crippen LogP contribution in [0, 0.1) is 0 Å². The minimum Gasteiger partial charge on any atom is -0.387 e. The summed E-state index contributed by atoms with van der Waals surface area (Å²) in [5, 5.41) is 6.52. The fraction of sp³-hybridized carbons (Fsp3) is 0.188. The quantitative estimate of drug-likeness (QED) is 0.827. The highest BCUT2D eigenvalue weighted by Gasteiger charge is 2.15. The van der Waals surface area contributed by atoms with Gasteiger partial charge in [-0.3, -0.25) is 4.79 Å². The van der Waals surface area contributed by atoms with Gasteiger partial charge < -0.3 is 10.6 Å². The van der Waals surface area contributed by atoms with E-state index in [4.69, 9.17) is 11.6 Å². The molecule has 5 heteroatoms. The van der Waals surface area contributed by atoms with E-state index in [1.807, 2.05) is 31.2 Å². The van der Waals surface area contributed by atoms with Gasteiger partial charge >= 0.3 is 0 Å². The summed E-state index contributed by atoms with van der Waals surface area (Å²) in [7, 11) is 1.78. The van der Waals surface area contributed by atoms with Gasteiger partial charge in [-0.1, -0.05) is 39.7 Å². The van der Waals surface area contributed by atoms with E-state index < -0.39 is 0 Å². The Morgan fingerprint density at radius 3 is 2.67 bits per heavy atom. The molecule has 1 atom stereocenters. The second-order valence-electron chi connectivity index (χ2n) is 4.69. The van der Waals surface area contributed by atoms with E-state index in [0.29, 0.717) is 10.6 Å². The SMILES string of the molecule is CNc1ccc(Cl)cc1C(=O)NC(C)c1cccc(Br)c1. The number of rotatable bonds is 4. The van der Waals surface area contributed by atoms with Gasteiger partial charge in [0.15, 0.2) is 0 Å². The molecule has 1 unspecified atom stereocenters. The van der Waals surface area contributed by atoms with Crippen molar-refractivity contribution in [3.05, 3.63) is 63.1 Å². The van der Waals surface area contributed by atoms with Gasteiger partial charge in [0.2, 0.25) is 0 Å². The molecular formula is C16H16BrClN2O. The summed E-state index contributed by atoms with van der Waals surface area (Å²) < 4.78 is 0.986. The molecule has 0 bridgehead atoms. The van der Waals surface area contributed by atoms with Gasteiger partial charge in [-0.2, -0.15) is 0 Å². The molecule has 2 aromatic carbocycles. The number of hydrogen-bond acceptors (Lipinski definition) is 2. The number of benzene rings is 2. The molecule has 2 rings (SSSR count). The standard InChI is InChI=1S/C16H16BrClN2O/c1-10(11-4-3-5-12(17)8-11)20-16(21)14-9-13(18)6-7-15(14)19-2/h3-10,19H,1-2H3,(H,20,21). The lowest BCUT2D eigenvalue weighted by molar-refractivity contribution is 0.0940. The maximum Gasteiger partial charge on any atom is 0.253 e. The Bertz CT molecular complexity index is 660. The van der Waals surface area contributed by atoms with Gasteiger partial charge in [-0.05, 0) is 42.8 Å². The summed E-state index contributed by atoms with van der Waals surface area (Å²) in [4.78, 5) is 12.4. The van der Waals surface area contributed by atoms with Crippen LogP contribution in [-0.2, 0) is 0 Å². The van der Waals surface area contributed by atoms with E-state index in [9.17, 15) is 4.79 Å². The number of anilines is 1. The van der Waals surface area contributed by atoms with Crippen LogP contribution < -0.4 is 10.6 Å². The first kappa shape index (κ1) is 15.9. The highest BCUT2D eigenvalue weighted by Crippen LogP contribution is 2.22. The lowest BCUT2D eigenvalue weighted by Gasteiger charge is -2.16. The van der Waals surface area contributed by atoms with Crippen molar-refractivity contribution in [2.75, 3.05) is 12.4 Å². The molecule has 3 nitrogen and oxygen atoms in total. The Morgan fingerprint density at radius 2 is 2.00 bits per heavy atom. The zero-order valence-corrected chi connectivity index (χ0v) is 14.1. The van der Waals surface area contributed by atoms with Crippen LogP contribution in [0.4, 0.5) is 5.69 Å². The first-order valence-corrected chi connectivity index (χ1v) is 7.72. The molecule has 0 heterocycles. The van der Waals surface area contributed by atoms with Crippen molar-refractivity contribution in [2.24, 2.45) is 0 Å². The molecule has 0 saturated carbocycles. The normalized spacial score (nSPS) is 11.8. The molecule has 110 valence electrons. The van der Waals surface area contributed by atoms with Crippen LogP contribution in [0.3, 0.4) is 0 Å². The average Bonchev–Trinajstić information content (AvgIpc) is 2.47. The first-order valence-electron chi connectivity index (χ1n) is 6.55. The molecule has 0 aliphatic carbocycles. The molecule has 1 amide bonds. The summed E-state index contributed by atoms with van der Waals surface area (Å²) >= 11 is 9.41. The summed E-state index contributed by atoms with van der Waals surface area (Å²) in [6, 6.07) is 13.0. The second-order valence-corrected chi connectivity index (χ2v) is 6.04. The van der Waals surface area contributed by atoms with E-state index in [1.165, 1.54) is 0 Å². The summed E-state index contributed by atoms with van der Waals surface area (Å²) in [5.74, 6) is -0.158. The molecule has 21 heavy (non-hydrogen) atoms. The van der Waals surface area contributed by atoms with E-state index in [-0.39, 0.29) is 11.9 Å². The van der Waals surface area contributed by atoms with Crippen LogP contribution in [-0.4, -0.2) is 13.0 Å². The van der Waals surface area contributed by atoms with Crippen molar-refractivity contribution in [1.29, 1.82) is 0 Å². The zero-order valence-electron chi connectivity index (χ0n) is 11.8. The number of nitrogens with one attached hydrogen (secondary N) is 2. The first-order chi connectivity index (χ1) is 10.0. The van der Waals surface area contributed by atoms with Crippen molar-refractivity contribution >= 4 is 39.1 Å². The van der Waals surface area contributed by atoms with Crippen molar-refractivity contribution in [3.8, 4) is 0 Å². The summed E-state index contributed by atoms with van der Waals surface area (Å²) in [6.07, 6.45) is 0. The maximum absolute atomic E-state index is 12.4. The zero-order chi connectivity index (χ0) is 15.4. The fourth-order valence-electron chi connectivity index (χ4n) is 2.06. The molecular weight excluding hydrogens is 352 g/mol. The smallest absolute Gasteiger partial charge is 0.253 e. The topological polar surface area (TPSA) is 41.1 Å². The van der Waals surface area contributed by atoms with Gasteiger partial charge in [0, 0.05) is 22.2 Å². The third-order valence-electron chi connectivity index (χ3n) is 3.19. The second kappa shape index (κ2) is 6.96. The van der Waals surface area contributed by atoms with Crippen LogP contribution in [0.15, 0.2) is 46.9 Å². The number of carbonyl (C=O) groups excluding carboxylic acids is 1. The van der Waals surface area contributed by atoms with Crippen LogP contribution in [0.2, 0.25) is 5.02 Å². The molecule has 0 aliphatic rings. The minimum atomic E-state index is -0.158. The van der Waals surface area contributed by atoms with Crippen molar-refractivity contribution < 1.29 is 4.79 Å². The van der Waals surface area contributed by atoms with Gasteiger partial charge in [0.1, 0.15) is 0 Å². The third kappa shape index (κ3) is 3.99. The fourth-order valence-corrected chi connectivity index (χ4v) is 2.65. The highest BCUT2D eigenvalue weighted by molar-refractivity contribution is 9.10. The van der Waals surface area contributed by atoms with Gasteiger partial charge in [-0.15, -0.1) is 0 Å². The van der Waals surface area contributed by atoms with E-state index in [2.05, 4.69) is 26.6 Å². The maximum atomic E-state index is 12.4. The van der Waals surface area contributed by atoms with E-state index >= 15 is 0 Å². The Hall–Kier alpha value is -1.52. The van der Waals surface area contributed by atoms with Crippen LogP contribution in [0.25, 0.3) is 0 Å². The minimum absolute atomic E-state index is 0.0984. The molecule has 0 fully saturated rings. The van der Waals surface area contributed by atoms with Crippen LogP contribution in [0.1, 0.15) is 28.9 Å². The van der Waals surface area contributed by atoms with Crippen molar-refractivity contribution in [3.63, 3.8) is 0 Å². The van der Waals surface area contributed by atoms with Crippen LogP contribution >= 0.6 is 27.5 Å². The Morgan fingerprint density at radius 1 is 1.24 bits per heavy atom. The third-order valence-corrected chi connectivity index (χ3v) is 3.92. The molecule has 2 aromatic rings. The molecule has 0 aliphatic heterocycles. The molecule has 2 N–H and O–H groups in total. The molecule has 0 spiro atoms. The number of hydrogen-bond donors (Lipinski definition) is 2. The summed E-state index contributed by atoms with van der Waals surface area (Å²) in [6.45, 7) is 1.95. The van der Waals surface area contributed by atoms with Gasteiger partial charge in [0.05, 0.1) is 11.6 Å². The number of amides is 1. The van der Waals surface area contributed by atoms with Gasteiger partial charge in [0.25, 0.3) is 5.91 Å².